The predicted octanol–water partition coefficient (Wildman–Crippen LogP) is 1.92. The Hall–Kier alpha value is -2.28. The number of carbonyl (C=O) groups is 2. The van der Waals surface area contributed by atoms with Crippen LogP contribution in [-0.4, -0.2) is 45.8 Å². The van der Waals surface area contributed by atoms with Crippen LogP contribution in [0.4, 0.5) is 4.79 Å². The highest BCUT2D eigenvalue weighted by Gasteiger charge is 2.21. The number of nitrogens with one attached hydrogen (secondary N) is 1. The maximum absolute atomic E-state index is 12.1. The molecule has 0 aliphatic rings. The van der Waals surface area contributed by atoms with Crippen molar-refractivity contribution in [2.45, 2.75) is 6.92 Å². The van der Waals surface area contributed by atoms with Gasteiger partial charge in [-0.05, 0) is 24.6 Å². The van der Waals surface area contributed by atoms with E-state index in [1.807, 2.05) is 0 Å². The summed E-state index contributed by atoms with van der Waals surface area (Å²) in [5.74, 6) is -0.428. The van der Waals surface area contributed by atoms with Gasteiger partial charge in [-0.2, -0.15) is 0 Å². The highest BCUT2D eigenvalue weighted by Crippen LogP contribution is 2.24. The third kappa shape index (κ3) is 2.39. The van der Waals surface area contributed by atoms with Gasteiger partial charge in [0.1, 0.15) is 0 Å². The van der Waals surface area contributed by atoms with Gasteiger partial charge in [0.15, 0.2) is 0 Å². The summed E-state index contributed by atoms with van der Waals surface area (Å²) in [6.45, 7) is 1.79. The number of fused-ring (bicyclic) bond motifs is 1. The number of aromatic nitrogens is 2. The van der Waals surface area contributed by atoms with Crippen molar-refractivity contribution in [3.05, 3.63) is 28.5 Å². The number of carboxylic acid groups (broad SMARTS) is 1. The van der Waals surface area contributed by atoms with E-state index in [2.05, 4.69) is 10.4 Å². The van der Waals surface area contributed by atoms with Gasteiger partial charge in [0.05, 0.1) is 11.0 Å². The number of hydrogen-bond acceptors (Lipinski definition) is 3. The van der Waals surface area contributed by atoms with Gasteiger partial charge >= 0.3 is 6.09 Å². The number of aryl methyl sites for hydroxylation is 1. The molecule has 1 aromatic heterocycles. The topological polar surface area (TPSA) is 87.5 Å². The third-order valence-corrected chi connectivity index (χ3v) is 2.94. The minimum absolute atomic E-state index is 0.0160. The monoisotopic (exact) mass is 296 g/mol. The highest BCUT2D eigenvalue weighted by atomic mass is 35.5. The number of imidazole rings is 1. The Morgan fingerprint density at radius 2 is 2.05 bits per heavy atom. The molecule has 20 heavy (non-hydrogen) atoms. The number of nitrogens with zero attached hydrogens (tertiary/aromatic N) is 3. The zero-order chi connectivity index (χ0) is 15.0. The summed E-state index contributed by atoms with van der Waals surface area (Å²) in [5, 5.41) is 9.35. The number of rotatable bonds is 2. The minimum atomic E-state index is -1.30. The number of benzene rings is 1. The first-order chi connectivity index (χ1) is 9.31. The molecule has 0 aliphatic carbocycles. The van der Waals surface area contributed by atoms with Crippen LogP contribution in [0.2, 0.25) is 5.02 Å². The number of halogens is 1. The van der Waals surface area contributed by atoms with Crippen LogP contribution in [0.25, 0.3) is 11.0 Å². The first kappa shape index (κ1) is 14.1. The van der Waals surface area contributed by atoms with Crippen molar-refractivity contribution < 1.29 is 14.7 Å². The van der Waals surface area contributed by atoms with E-state index in [1.54, 1.807) is 33.2 Å². The van der Waals surface area contributed by atoms with E-state index >= 15 is 0 Å². The van der Waals surface area contributed by atoms with Crippen LogP contribution in [0, 0.1) is 6.92 Å². The number of amides is 2. The number of hydrogen-bond donors (Lipinski definition) is 2. The first-order valence-corrected chi connectivity index (χ1v) is 6.09. The zero-order valence-corrected chi connectivity index (χ0v) is 11.9. The minimum Gasteiger partial charge on any atom is -0.464 e. The summed E-state index contributed by atoms with van der Waals surface area (Å²) < 4.78 is 1.12. The largest absolute Gasteiger partial charge is 0.464 e. The second kappa shape index (κ2) is 5.01. The van der Waals surface area contributed by atoms with E-state index in [1.165, 1.54) is 4.90 Å². The maximum atomic E-state index is 12.1. The molecular formula is C12H13ClN4O3. The molecule has 0 bridgehead atoms. The van der Waals surface area contributed by atoms with Crippen LogP contribution in [0.1, 0.15) is 16.2 Å². The van der Waals surface area contributed by atoms with E-state index in [9.17, 15) is 9.59 Å². The maximum Gasteiger partial charge on any atom is 0.424 e. The van der Waals surface area contributed by atoms with Crippen molar-refractivity contribution in [2.24, 2.45) is 0 Å². The Bertz CT molecular complexity index is 708. The Morgan fingerprint density at radius 1 is 1.40 bits per heavy atom. The van der Waals surface area contributed by atoms with E-state index in [0.29, 0.717) is 16.1 Å². The Balaban J connectivity index is 2.76. The average molecular weight is 297 g/mol. The molecule has 2 rings (SSSR count). The lowest BCUT2D eigenvalue weighted by atomic mass is 10.2. The molecule has 0 radical (unpaired) electrons. The van der Waals surface area contributed by atoms with E-state index in [0.717, 1.165) is 10.2 Å². The second-order valence-corrected chi connectivity index (χ2v) is 4.91. The number of carbonyl (C=O) groups excluding carboxylic acids is 1. The molecular weight excluding hydrogens is 284 g/mol. The summed E-state index contributed by atoms with van der Waals surface area (Å²) in [7, 11) is 3.12. The van der Waals surface area contributed by atoms with E-state index in [4.69, 9.17) is 16.7 Å². The SMILES string of the molecule is Cc1cc(Cl)cc2c1nc(C(=O)N(C)C)n2NC(=O)O. The van der Waals surface area contributed by atoms with Crippen LogP contribution in [0.15, 0.2) is 12.1 Å². The van der Waals surface area contributed by atoms with E-state index < -0.39 is 12.0 Å². The molecule has 1 heterocycles. The van der Waals surface area contributed by atoms with Crippen molar-refractivity contribution >= 4 is 34.6 Å². The molecule has 0 atom stereocenters. The smallest absolute Gasteiger partial charge is 0.424 e. The van der Waals surface area contributed by atoms with Crippen molar-refractivity contribution in [1.82, 2.24) is 14.6 Å². The Kier molecular flexibility index (Phi) is 3.54. The van der Waals surface area contributed by atoms with Crippen molar-refractivity contribution in [2.75, 3.05) is 19.5 Å². The summed E-state index contributed by atoms with van der Waals surface area (Å²) in [6, 6.07) is 3.26. The van der Waals surface area contributed by atoms with Crippen molar-refractivity contribution in [3.8, 4) is 0 Å². The van der Waals surface area contributed by atoms with Gasteiger partial charge in [0, 0.05) is 19.1 Å². The molecule has 8 heteroatoms. The molecule has 1 aromatic carbocycles. The van der Waals surface area contributed by atoms with Gasteiger partial charge < -0.3 is 10.0 Å². The van der Waals surface area contributed by atoms with Crippen molar-refractivity contribution in [3.63, 3.8) is 0 Å². The lowest BCUT2D eigenvalue weighted by Gasteiger charge is -2.11. The quantitative estimate of drug-likeness (QED) is 0.886. The molecule has 0 spiro atoms. The molecule has 2 amide bonds. The second-order valence-electron chi connectivity index (χ2n) is 4.48. The molecule has 106 valence electrons. The summed E-state index contributed by atoms with van der Waals surface area (Å²) >= 11 is 5.97. The Labute approximate surface area is 119 Å². The standard InChI is InChI=1S/C12H13ClN4O3/c1-6-4-7(13)5-8-9(6)14-10(11(18)16(2)3)17(8)15-12(19)20/h4-5,15H,1-3H3,(H,19,20). The molecule has 7 nitrogen and oxygen atoms in total. The Morgan fingerprint density at radius 3 is 2.60 bits per heavy atom. The van der Waals surface area contributed by atoms with Gasteiger partial charge in [-0.15, -0.1) is 0 Å². The molecule has 0 saturated heterocycles. The van der Waals surface area contributed by atoms with Gasteiger partial charge in [0.2, 0.25) is 5.82 Å². The van der Waals surface area contributed by atoms with Crippen LogP contribution in [-0.2, 0) is 0 Å². The average Bonchev–Trinajstić information content (AvgIpc) is 2.67. The predicted molar refractivity (Wildman–Crippen MR) is 74.9 cm³/mol. The van der Waals surface area contributed by atoms with Crippen LogP contribution < -0.4 is 5.43 Å². The van der Waals surface area contributed by atoms with Gasteiger partial charge in [-0.3, -0.25) is 4.79 Å². The van der Waals surface area contributed by atoms with Crippen LogP contribution in [0.3, 0.4) is 0 Å². The fourth-order valence-electron chi connectivity index (χ4n) is 1.86. The normalized spacial score (nSPS) is 10.6. The molecule has 2 aromatic rings. The zero-order valence-electron chi connectivity index (χ0n) is 11.1. The van der Waals surface area contributed by atoms with Gasteiger partial charge in [0.25, 0.3) is 5.91 Å². The lowest BCUT2D eigenvalue weighted by molar-refractivity contribution is 0.0813. The molecule has 0 saturated carbocycles. The first-order valence-electron chi connectivity index (χ1n) is 5.71. The summed E-state index contributed by atoms with van der Waals surface area (Å²) in [4.78, 5) is 28.5. The summed E-state index contributed by atoms with van der Waals surface area (Å²) in [5.41, 5.74) is 3.86. The summed E-state index contributed by atoms with van der Waals surface area (Å²) in [6.07, 6.45) is -1.30. The third-order valence-electron chi connectivity index (χ3n) is 2.72. The molecule has 0 aliphatic heterocycles. The fraction of sp³-hybridized carbons (Fsp3) is 0.250. The van der Waals surface area contributed by atoms with Gasteiger partial charge in [-0.25, -0.2) is 19.9 Å². The molecule has 2 N–H and O–H groups in total. The van der Waals surface area contributed by atoms with Crippen LogP contribution >= 0.6 is 11.6 Å². The van der Waals surface area contributed by atoms with Crippen molar-refractivity contribution in [1.29, 1.82) is 0 Å². The van der Waals surface area contributed by atoms with Crippen LogP contribution in [0.5, 0.6) is 0 Å². The van der Waals surface area contributed by atoms with E-state index in [-0.39, 0.29) is 5.82 Å². The van der Waals surface area contributed by atoms with Gasteiger partial charge in [-0.1, -0.05) is 11.6 Å². The molecule has 0 unspecified atom stereocenters. The lowest BCUT2D eigenvalue weighted by Crippen LogP contribution is -2.30. The highest BCUT2D eigenvalue weighted by molar-refractivity contribution is 6.31. The molecule has 0 fully saturated rings. The fourth-order valence-corrected chi connectivity index (χ4v) is 2.12.